The first-order valence-electron chi connectivity index (χ1n) is 21.0. The van der Waals surface area contributed by atoms with E-state index in [9.17, 15) is 47.0 Å². The minimum Gasteiger partial charge on any atom is -0.480 e. The molecule has 0 radical (unpaired) electrons. The van der Waals surface area contributed by atoms with Gasteiger partial charge in [0.2, 0.25) is 5.91 Å². The molecule has 71 heavy (non-hydrogen) atoms. The van der Waals surface area contributed by atoms with Gasteiger partial charge in [-0.25, -0.2) is 4.79 Å². The fourth-order valence-corrected chi connectivity index (χ4v) is 7.89. The van der Waals surface area contributed by atoms with E-state index in [-0.39, 0.29) is 58.9 Å². The average molecular weight is 1100 g/mol. The maximum atomic E-state index is 12.6. The summed E-state index contributed by atoms with van der Waals surface area (Å²) in [6, 6.07) is 13.9. The Hall–Kier alpha value is -4.96. The number of carboxylic acid groups (broad SMARTS) is 2. The molecule has 0 saturated carbocycles. The number of nitro benzene ring substituents is 1. The molecule has 1 saturated heterocycles. The molecular weight excluding hydrogens is 1050 g/mol. The number of nitro groups is 1. The van der Waals surface area contributed by atoms with Crippen molar-refractivity contribution in [1.82, 2.24) is 4.90 Å². The number of hydrogen-bond donors (Lipinski definition) is 4. The molecule has 4 aromatic rings. The van der Waals surface area contributed by atoms with Crippen LogP contribution in [0.1, 0.15) is 73.0 Å². The van der Waals surface area contributed by atoms with E-state index in [0.717, 1.165) is 53.6 Å². The first-order chi connectivity index (χ1) is 32.9. The maximum absolute atomic E-state index is 12.6. The number of ether oxygens (including phenoxy) is 3. The molecule has 0 aliphatic carbocycles. The number of benzene rings is 3. The van der Waals surface area contributed by atoms with Gasteiger partial charge in [-0.3, -0.25) is 29.1 Å². The zero-order valence-electron chi connectivity index (χ0n) is 39.3. The van der Waals surface area contributed by atoms with Gasteiger partial charge >= 0.3 is 18.1 Å². The van der Waals surface area contributed by atoms with E-state index in [4.69, 9.17) is 85.9 Å². The Morgan fingerprint density at radius 1 is 1.08 bits per heavy atom. The average Bonchev–Trinajstić information content (AvgIpc) is 3.94. The first kappa shape index (κ1) is 62.2. The van der Waals surface area contributed by atoms with Crippen LogP contribution in [0.25, 0.3) is 0 Å². The zero-order chi connectivity index (χ0) is 54.2. The second-order valence-electron chi connectivity index (χ2n) is 16.0. The lowest BCUT2D eigenvalue weighted by Crippen LogP contribution is -2.45. The molecule has 1 aliphatic rings. The van der Waals surface area contributed by atoms with Gasteiger partial charge < -0.3 is 49.3 Å². The first-order valence-corrected chi connectivity index (χ1v) is 25.1. The number of nitrogens with two attached hydrogens (primary N) is 1. The van der Waals surface area contributed by atoms with Crippen molar-refractivity contribution >= 4 is 88.9 Å². The Kier molecular flexibility index (Phi) is 24.3. The van der Waals surface area contributed by atoms with Crippen LogP contribution in [0.15, 0.2) is 77.4 Å². The Morgan fingerprint density at radius 2 is 1.73 bits per heavy atom. The van der Waals surface area contributed by atoms with E-state index >= 15 is 0 Å². The van der Waals surface area contributed by atoms with Crippen LogP contribution in [-0.4, -0.2) is 110 Å². The molecule has 2 amide bonds. The lowest BCUT2D eigenvalue weighted by Gasteiger charge is -2.31. The van der Waals surface area contributed by atoms with Gasteiger partial charge in [0.25, 0.3) is 11.6 Å². The number of anilines is 1. The van der Waals surface area contributed by atoms with E-state index in [1.165, 1.54) is 11.6 Å². The van der Waals surface area contributed by atoms with Crippen molar-refractivity contribution < 1.29 is 75.6 Å². The Bertz CT molecular complexity index is 2500. The summed E-state index contributed by atoms with van der Waals surface area (Å²) >= 11 is 22.7. The predicted molar refractivity (Wildman–Crippen MR) is 261 cm³/mol. The van der Waals surface area contributed by atoms with Gasteiger partial charge in [-0.15, -0.1) is 11.6 Å². The predicted octanol–water partition coefficient (Wildman–Crippen LogP) is 10.3. The third kappa shape index (κ3) is 19.2. The van der Waals surface area contributed by atoms with Crippen molar-refractivity contribution in [3.63, 3.8) is 0 Å². The molecule has 4 unspecified atom stereocenters. The van der Waals surface area contributed by atoms with E-state index < -0.39 is 63.8 Å². The largest absolute Gasteiger partial charge is 0.480 e. The summed E-state index contributed by atoms with van der Waals surface area (Å²) in [7, 11) is -1.47. The van der Waals surface area contributed by atoms with Crippen LogP contribution >= 0.6 is 53.8 Å². The van der Waals surface area contributed by atoms with Crippen LogP contribution < -0.4 is 15.4 Å². The van der Waals surface area contributed by atoms with E-state index in [1.54, 1.807) is 38.2 Å². The number of halogens is 7. The molecule has 26 heteroatoms. The van der Waals surface area contributed by atoms with Gasteiger partial charge in [-0.2, -0.15) is 13.2 Å². The molecule has 5 N–H and O–H groups in total. The third-order valence-corrected chi connectivity index (χ3v) is 12.0. The Labute approximate surface area is 427 Å². The number of aromatic carboxylic acids is 1. The topological polar surface area (TPSA) is 263 Å². The second-order valence-corrected chi connectivity index (χ2v) is 20.3. The molecule has 0 bridgehead atoms. The van der Waals surface area contributed by atoms with Gasteiger partial charge in [0.05, 0.1) is 46.7 Å². The van der Waals surface area contributed by atoms with Gasteiger partial charge in [-0.1, -0.05) is 59.9 Å². The molecular formula is C45H54Cl4F3N4O14P. The summed E-state index contributed by atoms with van der Waals surface area (Å²) in [5.74, 6) is -2.75. The van der Waals surface area contributed by atoms with Crippen LogP contribution in [-0.2, 0) is 41.0 Å². The number of para-hydroxylation sites is 1. The standard InChI is InChI=1S/C15H22ClNO2.C14H7ClF3NO5.C11H13Cl2NO3.C5H12NO4P/c1-5-13-8-6-7-11(2)15(13)17(14(18)9-16)12(3)10-19-4;15-10-5-7(14(16,17)18)1-4-12(10)24-8-2-3-11(19(22)23)9(6-8)13(20)21;1-11(2)14(10(15)9(12)13)6-8(17-11)7-4-3-5-16-7;1-11(9,10)3-2-4(6)5(7)8/h6-8,12H,5,9-10H2,1-4H3;1-6H,(H,20,21);3-5,8-9H,6H2,1-2H3;4H,2-3,6H2,1H3,(H,7,8)(H,9,10). The highest BCUT2D eigenvalue weighted by Crippen LogP contribution is 2.39. The molecule has 5 rings (SSSR count). The number of aryl methyl sites for hydroxylation is 2. The number of methoxy groups -OCH3 is 1. The van der Waals surface area contributed by atoms with Crippen molar-refractivity contribution in [2.24, 2.45) is 5.73 Å². The number of furan rings is 1. The van der Waals surface area contributed by atoms with E-state index in [0.29, 0.717) is 25.0 Å². The highest BCUT2D eigenvalue weighted by atomic mass is 35.5. The van der Waals surface area contributed by atoms with Crippen molar-refractivity contribution in [1.29, 1.82) is 0 Å². The minimum atomic E-state index is -4.58. The second kappa shape index (κ2) is 27.8. The lowest BCUT2D eigenvalue weighted by molar-refractivity contribution is -0.385. The summed E-state index contributed by atoms with van der Waals surface area (Å²) in [4.78, 5) is 66.0. The minimum absolute atomic E-state index is 0.0223. The molecule has 2 heterocycles. The molecule has 18 nitrogen and oxygen atoms in total. The summed E-state index contributed by atoms with van der Waals surface area (Å²) in [5, 5.41) is 27.7. The highest BCUT2D eigenvalue weighted by Gasteiger charge is 2.45. The number of carbonyl (C=O) groups excluding carboxylic acids is 2. The quantitative estimate of drug-likeness (QED) is 0.0352. The molecule has 4 atom stereocenters. The molecule has 392 valence electrons. The number of rotatable bonds is 16. The van der Waals surface area contributed by atoms with Crippen molar-refractivity contribution in [2.75, 3.05) is 43.9 Å². The van der Waals surface area contributed by atoms with Gasteiger partial charge in [0, 0.05) is 32.1 Å². The number of nitrogens with zero attached hydrogens (tertiary/aromatic N) is 3. The molecule has 1 fully saturated rings. The van der Waals surface area contributed by atoms with Crippen molar-refractivity contribution in [3.8, 4) is 11.5 Å². The molecule has 1 aromatic heterocycles. The third-order valence-electron chi connectivity index (χ3n) is 9.97. The fourth-order valence-electron chi connectivity index (χ4n) is 6.55. The van der Waals surface area contributed by atoms with Gasteiger partial charge in [0.15, 0.2) is 12.2 Å². The fraction of sp³-hybridized carbons (Fsp3) is 0.422. The number of carboxylic acids is 2. The van der Waals surface area contributed by atoms with Gasteiger partial charge in [-0.05, 0) is 88.1 Å². The molecule has 0 spiro atoms. The van der Waals surface area contributed by atoms with Crippen LogP contribution in [0.2, 0.25) is 5.02 Å². The van der Waals surface area contributed by atoms with Gasteiger partial charge in [0.1, 0.15) is 46.6 Å². The molecule has 1 aliphatic heterocycles. The number of amides is 2. The summed E-state index contributed by atoms with van der Waals surface area (Å²) in [6.45, 7) is 11.7. The van der Waals surface area contributed by atoms with Crippen molar-refractivity contribution in [3.05, 3.63) is 116 Å². The maximum Gasteiger partial charge on any atom is 0.416 e. The summed E-state index contributed by atoms with van der Waals surface area (Å²) in [5.41, 5.74) is 5.32. The van der Waals surface area contributed by atoms with E-state index in [2.05, 4.69) is 13.0 Å². The zero-order valence-corrected chi connectivity index (χ0v) is 43.2. The lowest BCUT2D eigenvalue weighted by atomic mass is 10.0. The SMILES string of the molecule is CC1(C)OC(c2ccco2)CN1C(=O)C(Cl)Cl.CCc1cccc(C)c1N(C(=O)CCl)C(C)COC.CP(=O)(O)CCC(N)C(=O)O.O=C(O)c1cc(Oc2ccc(C(F)(F)F)cc2Cl)ccc1[N+](=O)[O-]. The normalized spacial score (nSPS) is 15.6. The monoisotopic (exact) mass is 1100 g/mol. The molecule has 3 aromatic carbocycles. The Balaban J connectivity index is 0.000000335. The number of aliphatic carboxylic acids is 1. The van der Waals surface area contributed by atoms with Crippen LogP contribution in [0.4, 0.5) is 24.5 Å². The van der Waals surface area contributed by atoms with Crippen LogP contribution in [0.3, 0.4) is 0 Å². The summed E-state index contributed by atoms with van der Waals surface area (Å²) < 4.78 is 69.8. The Morgan fingerprint density at radius 3 is 2.21 bits per heavy atom. The van der Waals surface area contributed by atoms with E-state index in [1.807, 2.05) is 32.0 Å². The van der Waals surface area contributed by atoms with Crippen LogP contribution in [0.5, 0.6) is 11.5 Å². The highest BCUT2D eigenvalue weighted by molar-refractivity contribution is 7.57. The van der Waals surface area contributed by atoms with Crippen LogP contribution in [0, 0.1) is 17.0 Å². The number of carbonyl (C=O) groups is 4. The number of alkyl halides is 6. The van der Waals surface area contributed by atoms with Crippen molar-refractivity contribution in [2.45, 2.75) is 82.4 Å². The smallest absolute Gasteiger partial charge is 0.416 e. The summed E-state index contributed by atoms with van der Waals surface area (Å²) in [6.07, 6.45) is -2.41. The number of hydrogen-bond acceptors (Lipinski definition) is 12.